The molecule has 2 saturated heterocycles. The molecule has 3 fully saturated rings. The van der Waals surface area contributed by atoms with E-state index in [1.807, 2.05) is 18.2 Å². The summed E-state index contributed by atoms with van der Waals surface area (Å²) in [7, 11) is -2.93. The average molecular weight is 516 g/mol. The maximum Gasteiger partial charge on any atom is 0.266 e. The van der Waals surface area contributed by atoms with Gasteiger partial charge in [-0.25, -0.2) is 8.42 Å². The smallest absolute Gasteiger partial charge is 0.266 e. The number of halogens is 1. The lowest BCUT2D eigenvalue weighted by Gasteiger charge is -2.35. The van der Waals surface area contributed by atoms with Gasteiger partial charge < -0.3 is 9.42 Å². The first-order valence-electron chi connectivity index (χ1n) is 12.2. The van der Waals surface area contributed by atoms with Crippen molar-refractivity contribution >= 4 is 27.4 Å². The number of nitrogens with zero attached hydrogens (tertiary/aromatic N) is 7. The fraction of sp³-hybridized carbons (Fsp3) is 0.565. The highest BCUT2D eigenvalue weighted by Gasteiger charge is 2.40. The van der Waals surface area contributed by atoms with Crippen LogP contribution in [-0.2, 0) is 22.9 Å². The molecule has 4 aliphatic rings. The van der Waals surface area contributed by atoms with Crippen LogP contribution in [0.5, 0.6) is 0 Å². The van der Waals surface area contributed by atoms with E-state index in [9.17, 15) is 8.42 Å². The Labute approximate surface area is 208 Å². The van der Waals surface area contributed by atoms with Crippen molar-refractivity contribution in [1.29, 1.82) is 0 Å². The van der Waals surface area contributed by atoms with Gasteiger partial charge in [0, 0.05) is 42.5 Å². The normalized spacial score (nSPS) is 22.9. The second-order valence-corrected chi connectivity index (χ2v) is 12.8. The molecular weight excluding hydrogens is 490 g/mol. The van der Waals surface area contributed by atoms with Crippen molar-refractivity contribution < 1.29 is 12.9 Å². The highest BCUT2D eigenvalue weighted by atomic mass is 35.5. The summed E-state index contributed by atoms with van der Waals surface area (Å²) in [6, 6.07) is 5.90. The van der Waals surface area contributed by atoms with E-state index in [0.717, 1.165) is 67.6 Å². The third-order valence-corrected chi connectivity index (χ3v) is 9.69. The van der Waals surface area contributed by atoms with E-state index >= 15 is 0 Å². The zero-order chi connectivity index (χ0) is 23.7. The molecule has 12 heteroatoms. The standard InChI is InChI=1S/C23H26ClN7O3S/c24-17-3-4-19-16(9-17)10-30(18-12-35(32,33)13-18)11-20-26-27-21(31(19)20)14-5-7-29(8-6-14)23-25-22(34-28-23)15-1-2-15/h3-4,9,14-15,18H,1-2,5-8,10-13H2. The summed E-state index contributed by atoms with van der Waals surface area (Å²) in [5.74, 6) is 4.36. The monoisotopic (exact) mass is 515 g/mol. The first-order chi connectivity index (χ1) is 16.9. The molecule has 2 aromatic heterocycles. The van der Waals surface area contributed by atoms with Gasteiger partial charge >= 0.3 is 0 Å². The Hall–Kier alpha value is -2.50. The molecule has 0 radical (unpaired) electrons. The molecule has 0 N–H and O–H groups in total. The molecule has 1 aliphatic carbocycles. The molecule has 0 bridgehead atoms. The SMILES string of the molecule is O=S1(=O)CC(N2Cc3cc(Cl)ccc3-n3c(nnc3C3CCN(c4noc(C5CC5)n4)CC3)C2)C1. The van der Waals surface area contributed by atoms with Crippen molar-refractivity contribution in [3.63, 3.8) is 0 Å². The van der Waals surface area contributed by atoms with Crippen molar-refractivity contribution in [2.24, 2.45) is 0 Å². The molecule has 0 spiro atoms. The molecule has 184 valence electrons. The van der Waals surface area contributed by atoms with Crippen molar-refractivity contribution in [2.75, 3.05) is 29.5 Å². The lowest BCUT2D eigenvalue weighted by molar-refractivity contribution is 0.193. The van der Waals surface area contributed by atoms with E-state index in [1.54, 1.807) is 0 Å². The summed E-state index contributed by atoms with van der Waals surface area (Å²) in [5, 5.41) is 14.1. The van der Waals surface area contributed by atoms with Crippen LogP contribution in [0.3, 0.4) is 0 Å². The molecule has 35 heavy (non-hydrogen) atoms. The number of rotatable bonds is 4. The average Bonchev–Trinajstić information content (AvgIpc) is 3.45. The van der Waals surface area contributed by atoms with E-state index in [-0.39, 0.29) is 23.5 Å². The second kappa shape index (κ2) is 8.01. The first kappa shape index (κ1) is 21.8. The Morgan fingerprint density at radius 3 is 2.54 bits per heavy atom. The minimum absolute atomic E-state index is 0.00254. The fourth-order valence-corrected chi connectivity index (χ4v) is 7.20. The Morgan fingerprint density at radius 1 is 1.00 bits per heavy atom. The predicted octanol–water partition coefficient (Wildman–Crippen LogP) is 2.68. The van der Waals surface area contributed by atoms with Crippen LogP contribution >= 0.6 is 11.6 Å². The van der Waals surface area contributed by atoms with Crippen molar-refractivity contribution in [2.45, 2.75) is 56.7 Å². The van der Waals surface area contributed by atoms with Crippen LogP contribution in [0.1, 0.15) is 60.6 Å². The van der Waals surface area contributed by atoms with Gasteiger partial charge in [-0.3, -0.25) is 9.47 Å². The van der Waals surface area contributed by atoms with Gasteiger partial charge in [-0.1, -0.05) is 11.6 Å². The lowest BCUT2D eigenvalue weighted by Crippen LogP contribution is -2.52. The molecule has 0 amide bonds. The van der Waals surface area contributed by atoms with E-state index in [2.05, 4.69) is 34.7 Å². The summed E-state index contributed by atoms with van der Waals surface area (Å²) in [6.45, 7) is 2.86. The number of benzene rings is 1. The molecule has 5 heterocycles. The van der Waals surface area contributed by atoms with Crippen LogP contribution in [0.15, 0.2) is 22.7 Å². The maximum atomic E-state index is 11.8. The molecule has 3 aromatic rings. The number of aromatic nitrogens is 5. The Bertz CT molecular complexity index is 1380. The van der Waals surface area contributed by atoms with Crippen molar-refractivity contribution in [3.8, 4) is 5.69 Å². The highest BCUT2D eigenvalue weighted by molar-refractivity contribution is 7.92. The molecular formula is C23H26ClN7O3S. The first-order valence-corrected chi connectivity index (χ1v) is 14.4. The molecule has 0 unspecified atom stereocenters. The van der Waals surface area contributed by atoms with E-state index < -0.39 is 9.84 Å². The van der Waals surface area contributed by atoms with Gasteiger partial charge in [0.1, 0.15) is 5.82 Å². The number of hydrogen-bond donors (Lipinski definition) is 0. The minimum Gasteiger partial charge on any atom is -0.338 e. The molecule has 3 aliphatic heterocycles. The predicted molar refractivity (Wildman–Crippen MR) is 129 cm³/mol. The summed E-state index contributed by atoms with van der Waals surface area (Å²) >= 11 is 6.36. The van der Waals surface area contributed by atoms with E-state index in [1.165, 1.54) is 0 Å². The van der Waals surface area contributed by atoms with Crippen LogP contribution in [0, 0.1) is 0 Å². The molecule has 0 atom stereocenters. The second-order valence-electron chi connectivity index (χ2n) is 10.2. The zero-order valence-electron chi connectivity index (χ0n) is 19.2. The molecule has 10 nitrogen and oxygen atoms in total. The maximum absolute atomic E-state index is 11.8. The third-order valence-electron chi connectivity index (χ3n) is 7.67. The number of hydrogen-bond acceptors (Lipinski definition) is 9. The van der Waals surface area contributed by atoms with Crippen LogP contribution < -0.4 is 4.90 Å². The van der Waals surface area contributed by atoms with Gasteiger partial charge in [-0.15, -0.1) is 10.2 Å². The van der Waals surface area contributed by atoms with Gasteiger partial charge in [0.05, 0.1) is 23.7 Å². The Kier molecular flexibility index (Phi) is 4.98. The van der Waals surface area contributed by atoms with Crippen LogP contribution in [-0.4, -0.2) is 68.9 Å². The minimum atomic E-state index is -2.93. The molecule has 1 saturated carbocycles. The van der Waals surface area contributed by atoms with Crippen LogP contribution in [0.25, 0.3) is 5.69 Å². The summed E-state index contributed by atoms with van der Waals surface area (Å²) in [4.78, 5) is 9.00. The molecule has 1 aromatic carbocycles. The Morgan fingerprint density at radius 2 is 1.80 bits per heavy atom. The largest absolute Gasteiger partial charge is 0.338 e. The third kappa shape index (κ3) is 3.93. The van der Waals surface area contributed by atoms with Crippen LogP contribution in [0.2, 0.25) is 5.02 Å². The summed E-state index contributed by atoms with van der Waals surface area (Å²) in [6.07, 6.45) is 4.11. The van der Waals surface area contributed by atoms with Gasteiger partial charge in [0.2, 0.25) is 5.89 Å². The van der Waals surface area contributed by atoms with Gasteiger partial charge in [-0.2, -0.15) is 4.98 Å². The molecule has 7 rings (SSSR count). The number of sulfone groups is 1. The number of fused-ring (bicyclic) bond motifs is 3. The summed E-state index contributed by atoms with van der Waals surface area (Å²) in [5.41, 5.74) is 2.10. The number of anilines is 1. The number of piperidine rings is 1. The highest BCUT2D eigenvalue weighted by Crippen LogP contribution is 2.40. The van der Waals surface area contributed by atoms with Gasteiger partial charge in [0.15, 0.2) is 15.7 Å². The van der Waals surface area contributed by atoms with Gasteiger partial charge in [0.25, 0.3) is 5.95 Å². The van der Waals surface area contributed by atoms with E-state index in [4.69, 9.17) is 16.1 Å². The topological polar surface area (TPSA) is 110 Å². The van der Waals surface area contributed by atoms with Crippen molar-refractivity contribution in [3.05, 3.63) is 46.3 Å². The quantitative estimate of drug-likeness (QED) is 0.517. The zero-order valence-corrected chi connectivity index (χ0v) is 20.7. The van der Waals surface area contributed by atoms with Crippen LogP contribution in [0.4, 0.5) is 5.95 Å². The van der Waals surface area contributed by atoms with Crippen molar-refractivity contribution in [1.82, 2.24) is 29.8 Å². The summed E-state index contributed by atoms with van der Waals surface area (Å²) < 4.78 is 31.3. The fourth-order valence-electron chi connectivity index (χ4n) is 5.51. The Balaban J connectivity index is 1.16. The van der Waals surface area contributed by atoms with E-state index in [0.29, 0.717) is 30.0 Å². The van der Waals surface area contributed by atoms with Gasteiger partial charge in [-0.05, 0) is 54.6 Å². The lowest BCUT2D eigenvalue weighted by atomic mass is 9.96.